The third-order valence-electron chi connectivity index (χ3n) is 7.53. The van der Waals surface area contributed by atoms with Gasteiger partial charge in [-0.05, 0) is 44.6 Å². The molecule has 2 heterocycles. The van der Waals surface area contributed by atoms with Gasteiger partial charge in [-0.1, -0.05) is 24.4 Å². The number of aliphatic hydroxyl groups is 1. The van der Waals surface area contributed by atoms with Crippen molar-refractivity contribution in [2.75, 3.05) is 17.2 Å². The molecule has 0 saturated heterocycles. The second-order valence-corrected chi connectivity index (χ2v) is 10.4. The van der Waals surface area contributed by atoms with E-state index in [-0.39, 0.29) is 40.6 Å². The lowest BCUT2D eigenvalue weighted by molar-refractivity contribution is -0.122. The maximum absolute atomic E-state index is 14.6. The van der Waals surface area contributed by atoms with E-state index in [1.165, 1.54) is 0 Å². The van der Waals surface area contributed by atoms with Crippen molar-refractivity contribution >= 4 is 46.3 Å². The number of hydrogen-bond acceptors (Lipinski definition) is 7. The summed E-state index contributed by atoms with van der Waals surface area (Å²) in [5.41, 5.74) is 6.45. The molecule has 0 aliphatic heterocycles. The van der Waals surface area contributed by atoms with Crippen molar-refractivity contribution in [3.05, 3.63) is 35.0 Å². The lowest BCUT2D eigenvalue weighted by Gasteiger charge is -2.29. The maximum atomic E-state index is 14.6. The van der Waals surface area contributed by atoms with Gasteiger partial charge in [0.05, 0.1) is 23.0 Å². The van der Waals surface area contributed by atoms with Crippen LogP contribution in [0.1, 0.15) is 57.4 Å². The molecule has 9 nitrogen and oxygen atoms in total. The van der Waals surface area contributed by atoms with Crippen molar-refractivity contribution in [2.24, 2.45) is 17.6 Å². The highest BCUT2D eigenvalue weighted by Gasteiger charge is 2.30. The number of nitrogens with two attached hydrogens (primary N) is 1. The number of carbonyl (C=O) groups is 1. The van der Waals surface area contributed by atoms with Crippen molar-refractivity contribution < 1.29 is 18.7 Å². The Morgan fingerprint density at radius 3 is 2.59 bits per heavy atom. The van der Waals surface area contributed by atoms with Gasteiger partial charge < -0.3 is 21.5 Å². The number of aliphatic hydroxyl groups excluding tert-OH is 1. The molecular weight excluding hydrogens is 504 g/mol. The average molecular weight is 534 g/mol. The Morgan fingerprint density at radius 1 is 1.14 bits per heavy atom. The number of nitrogens with zero attached hydrogens (tertiary/aromatic N) is 4. The van der Waals surface area contributed by atoms with E-state index in [1.807, 2.05) is 4.57 Å². The van der Waals surface area contributed by atoms with E-state index in [2.05, 4.69) is 20.6 Å². The number of imidazole rings is 1. The van der Waals surface area contributed by atoms with Gasteiger partial charge in [0, 0.05) is 30.5 Å². The average Bonchev–Trinajstić information content (AvgIpc) is 3.23. The zero-order valence-electron chi connectivity index (χ0n) is 20.3. The molecule has 0 radical (unpaired) electrons. The van der Waals surface area contributed by atoms with Crippen molar-refractivity contribution in [1.82, 2.24) is 19.5 Å². The quantitative estimate of drug-likeness (QED) is 0.347. The molecule has 5 N–H and O–H groups in total. The van der Waals surface area contributed by atoms with Crippen LogP contribution >= 0.6 is 11.6 Å². The summed E-state index contributed by atoms with van der Waals surface area (Å²) >= 11 is 6.14. The van der Waals surface area contributed by atoms with E-state index in [4.69, 9.17) is 22.3 Å². The number of halogens is 3. The van der Waals surface area contributed by atoms with E-state index in [9.17, 15) is 18.7 Å². The van der Waals surface area contributed by atoms with Gasteiger partial charge in [-0.25, -0.2) is 18.7 Å². The van der Waals surface area contributed by atoms with Crippen LogP contribution in [0.15, 0.2) is 18.3 Å². The number of aromatic nitrogens is 4. The number of carbonyl (C=O) groups excluding carboxylic acids is 1. The minimum atomic E-state index is -0.847. The molecule has 1 aromatic carbocycles. The number of nitrogens with one attached hydrogen (secondary N) is 2. The molecule has 2 fully saturated rings. The number of hydrogen-bond donors (Lipinski definition) is 4. The molecule has 3 aromatic rings. The normalized spacial score (nSPS) is 24.2. The summed E-state index contributed by atoms with van der Waals surface area (Å²) in [4.78, 5) is 25.4. The Bertz CT molecular complexity index is 1270. The van der Waals surface area contributed by atoms with Gasteiger partial charge in [-0.2, -0.15) is 4.98 Å². The molecule has 198 valence electrons. The Balaban J connectivity index is 1.48. The summed E-state index contributed by atoms with van der Waals surface area (Å²) in [6, 6.07) is 1.69. The molecule has 2 atom stereocenters. The number of primary amides is 1. The highest BCUT2D eigenvalue weighted by Crippen LogP contribution is 2.38. The molecule has 1 amide bonds. The number of fused-ring (bicyclic) bond motifs is 1. The van der Waals surface area contributed by atoms with Gasteiger partial charge in [0.1, 0.15) is 11.3 Å². The lowest BCUT2D eigenvalue weighted by Crippen LogP contribution is -2.30. The lowest BCUT2D eigenvalue weighted by atomic mass is 9.85. The first-order valence-electron chi connectivity index (χ1n) is 12.7. The topological polar surface area (TPSA) is 131 Å². The third kappa shape index (κ3) is 5.47. The molecule has 0 spiro atoms. The molecular formula is C25H30ClF2N7O2. The van der Waals surface area contributed by atoms with Gasteiger partial charge in [-0.15, -0.1) is 0 Å². The molecule has 2 aromatic heterocycles. The summed E-state index contributed by atoms with van der Waals surface area (Å²) in [6.07, 6.45) is 7.61. The molecule has 37 heavy (non-hydrogen) atoms. The highest BCUT2D eigenvalue weighted by molar-refractivity contribution is 6.33. The Labute approximate surface area is 217 Å². The predicted octanol–water partition coefficient (Wildman–Crippen LogP) is 4.68. The zero-order chi connectivity index (χ0) is 26.1. The van der Waals surface area contributed by atoms with E-state index in [0.29, 0.717) is 55.3 Å². The van der Waals surface area contributed by atoms with Gasteiger partial charge in [-0.3, -0.25) is 9.36 Å². The fraction of sp³-hybridized carbons (Fsp3) is 0.520. The van der Waals surface area contributed by atoms with Crippen LogP contribution in [0.25, 0.3) is 11.2 Å². The number of benzene rings is 1. The van der Waals surface area contributed by atoms with Gasteiger partial charge >= 0.3 is 0 Å². The van der Waals surface area contributed by atoms with Crippen molar-refractivity contribution in [2.45, 2.75) is 63.5 Å². The number of rotatable bonds is 7. The second kappa shape index (κ2) is 10.7. The Hall–Kier alpha value is -3.05. The third-order valence-corrected chi connectivity index (χ3v) is 7.83. The Kier molecular flexibility index (Phi) is 7.43. The predicted molar refractivity (Wildman–Crippen MR) is 137 cm³/mol. The first-order chi connectivity index (χ1) is 17.8. The van der Waals surface area contributed by atoms with Crippen LogP contribution in [0.4, 0.5) is 26.4 Å². The fourth-order valence-corrected chi connectivity index (χ4v) is 5.69. The van der Waals surface area contributed by atoms with Gasteiger partial charge in [0.15, 0.2) is 11.5 Å². The molecule has 0 bridgehead atoms. The first-order valence-corrected chi connectivity index (χ1v) is 13.1. The molecule has 2 saturated carbocycles. The van der Waals surface area contributed by atoms with Gasteiger partial charge in [0.2, 0.25) is 17.8 Å². The summed E-state index contributed by atoms with van der Waals surface area (Å²) in [5, 5.41) is 16.4. The monoisotopic (exact) mass is 533 g/mol. The van der Waals surface area contributed by atoms with Crippen LogP contribution in [0.5, 0.6) is 0 Å². The zero-order valence-corrected chi connectivity index (χ0v) is 21.0. The molecule has 0 unspecified atom stereocenters. The highest BCUT2D eigenvalue weighted by atomic mass is 35.5. The second-order valence-electron chi connectivity index (χ2n) is 9.98. The standard InChI is InChI=1S/C25H30ClF2N7O2/c26-17-9-15(27)10-18(28)21(17)33-25-32-19-12-31-24(30-11-14-3-1-2-4-20(14)36)34-23(19)35(25)16-7-5-13(6-8-16)22(29)37/h9-10,12-14,16,20,36H,1-8,11H2,(H2,29,37)(H,32,33)(H,30,31,34)/t13?,14-,16?,20-/m0/s1. The van der Waals surface area contributed by atoms with Crippen LogP contribution in [-0.4, -0.2) is 43.2 Å². The largest absolute Gasteiger partial charge is 0.393 e. The summed E-state index contributed by atoms with van der Waals surface area (Å²) in [6.45, 7) is 0.548. The van der Waals surface area contributed by atoms with Gasteiger partial charge in [0.25, 0.3) is 0 Å². The molecule has 12 heteroatoms. The van der Waals surface area contributed by atoms with Crippen LogP contribution in [-0.2, 0) is 4.79 Å². The van der Waals surface area contributed by atoms with E-state index in [1.54, 1.807) is 6.20 Å². The smallest absolute Gasteiger partial charge is 0.224 e. The summed E-state index contributed by atoms with van der Waals surface area (Å²) in [5.74, 6) is -1.32. The van der Waals surface area contributed by atoms with Crippen molar-refractivity contribution in [3.63, 3.8) is 0 Å². The fourth-order valence-electron chi connectivity index (χ4n) is 5.45. The SMILES string of the molecule is NC(=O)C1CCC(n2c(Nc3c(F)cc(F)cc3Cl)nc3cnc(NC[C@@H]4CCCC[C@@H]4O)nc32)CC1. The maximum Gasteiger partial charge on any atom is 0.224 e. The van der Waals surface area contributed by atoms with Crippen LogP contribution in [0.2, 0.25) is 5.02 Å². The van der Waals surface area contributed by atoms with E-state index >= 15 is 0 Å². The van der Waals surface area contributed by atoms with Crippen molar-refractivity contribution in [1.29, 1.82) is 0 Å². The molecule has 2 aliphatic carbocycles. The molecule has 5 rings (SSSR count). The Morgan fingerprint density at radius 2 is 1.89 bits per heavy atom. The van der Waals surface area contributed by atoms with E-state index < -0.39 is 11.6 Å². The summed E-state index contributed by atoms with van der Waals surface area (Å²) in [7, 11) is 0. The van der Waals surface area contributed by atoms with Crippen molar-refractivity contribution in [3.8, 4) is 0 Å². The summed E-state index contributed by atoms with van der Waals surface area (Å²) < 4.78 is 30.1. The molecule has 2 aliphatic rings. The van der Waals surface area contributed by atoms with Crippen LogP contribution in [0, 0.1) is 23.5 Å². The van der Waals surface area contributed by atoms with Crippen LogP contribution < -0.4 is 16.4 Å². The first kappa shape index (κ1) is 25.6. The van der Waals surface area contributed by atoms with E-state index in [0.717, 1.165) is 37.8 Å². The number of amides is 1. The minimum absolute atomic E-state index is 0.0895. The van der Waals surface area contributed by atoms with Crippen LogP contribution in [0.3, 0.4) is 0 Å². The minimum Gasteiger partial charge on any atom is -0.393 e. The number of anilines is 3.